The van der Waals surface area contributed by atoms with Crippen LogP contribution >= 0.6 is 0 Å². The number of para-hydroxylation sites is 1. The maximum absolute atomic E-state index is 12.7. The molecule has 3 N–H and O–H groups in total. The molecule has 3 atom stereocenters. The summed E-state index contributed by atoms with van der Waals surface area (Å²) in [6.07, 6.45) is 4.56. The molecule has 3 fully saturated rings. The molecule has 0 saturated carbocycles. The van der Waals surface area contributed by atoms with E-state index in [0.29, 0.717) is 18.5 Å². The number of amides is 1. The lowest BCUT2D eigenvalue weighted by atomic mass is 9.96. The number of hydrogen-bond acceptors (Lipinski definition) is 5. The van der Waals surface area contributed by atoms with Crippen LogP contribution in [0.1, 0.15) is 44.2 Å². The topological polar surface area (TPSA) is 67.8 Å². The third-order valence-electron chi connectivity index (χ3n) is 6.01. The summed E-state index contributed by atoms with van der Waals surface area (Å²) in [6, 6.07) is 8.23. The Kier molecular flexibility index (Phi) is 4.67. The second-order valence-corrected chi connectivity index (χ2v) is 7.67. The van der Waals surface area contributed by atoms with Crippen LogP contribution in [0.15, 0.2) is 24.3 Å². The van der Waals surface area contributed by atoms with E-state index < -0.39 is 0 Å². The zero-order valence-electron chi connectivity index (χ0n) is 14.8. The molecule has 25 heavy (non-hydrogen) atoms. The van der Waals surface area contributed by atoms with E-state index in [2.05, 4.69) is 22.7 Å². The summed E-state index contributed by atoms with van der Waals surface area (Å²) in [6.45, 7) is 5.18. The molecule has 0 aromatic heterocycles. The normalized spacial score (nSPS) is 31.1. The summed E-state index contributed by atoms with van der Waals surface area (Å²) in [5.74, 6) is 0.448. The van der Waals surface area contributed by atoms with Crippen LogP contribution in [0.2, 0.25) is 0 Å². The Labute approximate surface area is 149 Å². The maximum atomic E-state index is 12.7. The van der Waals surface area contributed by atoms with Crippen LogP contribution in [-0.4, -0.2) is 58.6 Å². The van der Waals surface area contributed by atoms with E-state index in [4.69, 9.17) is 0 Å². The van der Waals surface area contributed by atoms with Gasteiger partial charge >= 0.3 is 0 Å². The van der Waals surface area contributed by atoms with Gasteiger partial charge in [-0.1, -0.05) is 24.6 Å². The predicted molar refractivity (Wildman–Crippen MR) is 95.9 cm³/mol. The van der Waals surface area contributed by atoms with Crippen molar-refractivity contribution in [2.24, 2.45) is 0 Å². The van der Waals surface area contributed by atoms with Crippen molar-refractivity contribution in [2.75, 3.05) is 19.6 Å². The van der Waals surface area contributed by atoms with Crippen LogP contribution in [-0.2, 0) is 4.79 Å². The molecule has 3 aliphatic rings. The summed E-state index contributed by atoms with van der Waals surface area (Å²) in [7, 11) is 0. The van der Waals surface area contributed by atoms with Crippen molar-refractivity contribution in [3.8, 4) is 5.75 Å². The van der Waals surface area contributed by atoms with Gasteiger partial charge < -0.3 is 10.0 Å². The number of rotatable bonds is 3. The van der Waals surface area contributed by atoms with E-state index in [9.17, 15) is 9.90 Å². The minimum Gasteiger partial charge on any atom is -0.508 e. The number of carbonyl (C=O) groups excluding carboxylic acids is 1. The highest BCUT2D eigenvalue weighted by Crippen LogP contribution is 2.31. The molecule has 3 aliphatic heterocycles. The number of piperidine rings is 1. The Balaban J connectivity index is 1.31. The number of hydrazine groups is 1. The highest BCUT2D eigenvalue weighted by atomic mass is 16.3. The molecule has 6 nitrogen and oxygen atoms in total. The van der Waals surface area contributed by atoms with Gasteiger partial charge in [-0.2, -0.15) is 0 Å². The van der Waals surface area contributed by atoms with E-state index in [1.165, 1.54) is 25.8 Å². The molecule has 0 bridgehead atoms. The Bertz CT molecular complexity index is 632. The van der Waals surface area contributed by atoms with Crippen LogP contribution in [0.5, 0.6) is 5.75 Å². The molecule has 0 radical (unpaired) electrons. The first-order valence-corrected chi connectivity index (χ1v) is 9.47. The first kappa shape index (κ1) is 16.8. The molecular weight excluding hydrogens is 316 g/mol. The minimum absolute atomic E-state index is 0.0330. The Morgan fingerprint density at radius 3 is 2.76 bits per heavy atom. The number of phenolic OH excluding ortho intramolecular Hbond substituents is 1. The van der Waals surface area contributed by atoms with Crippen molar-refractivity contribution in [1.29, 1.82) is 0 Å². The van der Waals surface area contributed by atoms with Crippen LogP contribution in [0.25, 0.3) is 0 Å². The molecule has 4 rings (SSSR count). The molecule has 136 valence electrons. The largest absolute Gasteiger partial charge is 0.508 e. The second kappa shape index (κ2) is 6.94. The lowest BCUT2D eigenvalue weighted by molar-refractivity contribution is -0.141. The molecule has 6 heteroatoms. The summed E-state index contributed by atoms with van der Waals surface area (Å²) < 4.78 is 0. The van der Waals surface area contributed by atoms with Gasteiger partial charge in [-0.15, -0.1) is 0 Å². The Morgan fingerprint density at radius 1 is 1.20 bits per heavy atom. The van der Waals surface area contributed by atoms with Crippen molar-refractivity contribution < 1.29 is 9.90 Å². The molecular formula is C19H28N4O2. The number of likely N-dealkylation sites (tertiary alicyclic amines) is 2. The smallest absolute Gasteiger partial charge is 0.241 e. The zero-order valence-corrected chi connectivity index (χ0v) is 14.8. The number of carbonyl (C=O) groups is 1. The average Bonchev–Trinajstić information content (AvgIpc) is 3.05. The van der Waals surface area contributed by atoms with Gasteiger partial charge in [0.25, 0.3) is 0 Å². The number of nitrogens with one attached hydrogen (secondary N) is 2. The zero-order chi connectivity index (χ0) is 17.4. The fourth-order valence-electron chi connectivity index (χ4n) is 4.43. The van der Waals surface area contributed by atoms with Gasteiger partial charge in [0.2, 0.25) is 5.91 Å². The Morgan fingerprint density at radius 2 is 2.00 bits per heavy atom. The highest BCUT2D eigenvalue weighted by Gasteiger charge is 2.41. The fraction of sp³-hybridized carbons (Fsp3) is 0.632. The van der Waals surface area contributed by atoms with Crippen LogP contribution in [0.3, 0.4) is 0 Å². The van der Waals surface area contributed by atoms with Crippen molar-refractivity contribution in [2.45, 2.75) is 56.8 Å². The van der Waals surface area contributed by atoms with Crippen LogP contribution < -0.4 is 10.9 Å². The first-order valence-electron chi connectivity index (χ1n) is 9.47. The summed E-state index contributed by atoms with van der Waals surface area (Å²) in [5.41, 5.74) is 7.12. The summed E-state index contributed by atoms with van der Waals surface area (Å²) in [5, 5.41) is 10.00. The molecule has 1 aromatic rings. The van der Waals surface area contributed by atoms with Crippen molar-refractivity contribution in [3.05, 3.63) is 29.8 Å². The number of aromatic hydroxyl groups is 1. The van der Waals surface area contributed by atoms with Crippen LogP contribution in [0, 0.1) is 0 Å². The predicted octanol–water partition coefficient (Wildman–Crippen LogP) is 1.39. The first-order chi connectivity index (χ1) is 12.1. The van der Waals surface area contributed by atoms with Gasteiger partial charge in [-0.25, -0.2) is 10.9 Å². The SMILES string of the molecule is CC1CCCCN1C1CN(C(=O)C2CC(c3ccccc3O)NN2)C1. The van der Waals surface area contributed by atoms with E-state index in [1.54, 1.807) is 6.07 Å². The minimum atomic E-state index is -0.218. The highest BCUT2D eigenvalue weighted by molar-refractivity contribution is 5.83. The monoisotopic (exact) mass is 344 g/mol. The van der Waals surface area contributed by atoms with Crippen molar-refractivity contribution >= 4 is 5.91 Å². The van der Waals surface area contributed by atoms with E-state index in [-0.39, 0.29) is 23.7 Å². The van der Waals surface area contributed by atoms with Gasteiger partial charge in [0.1, 0.15) is 11.8 Å². The number of phenols is 1. The Hall–Kier alpha value is -1.63. The van der Waals surface area contributed by atoms with Gasteiger partial charge in [-0.3, -0.25) is 9.69 Å². The van der Waals surface area contributed by atoms with Gasteiger partial charge in [-0.05, 0) is 38.8 Å². The summed E-state index contributed by atoms with van der Waals surface area (Å²) in [4.78, 5) is 17.3. The van der Waals surface area contributed by atoms with Crippen molar-refractivity contribution in [3.63, 3.8) is 0 Å². The molecule has 1 amide bonds. The quantitative estimate of drug-likeness (QED) is 0.773. The van der Waals surface area contributed by atoms with E-state index in [0.717, 1.165) is 18.7 Å². The van der Waals surface area contributed by atoms with Crippen LogP contribution in [0.4, 0.5) is 0 Å². The molecule has 0 spiro atoms. The lowest BCUT2D eigenvalue weighted by Gasteiger charge is -2.49. The van der Waals surface area contributed by atoms with Gasteiger partial charge in [0.05, 0.1) is 6.04 Å². The van der Waals surface area contributed by atoms with Crippen molar-refractivity contribution in [1.82, 2.24) is 20.7 Å². The number of benzene rings is 1. The number of nitrogens with zero attached hydrogens (tertiary/aromatic N) is 2. The standard InChI is InChI=1S/C19H28N4O2/c1-13-6-4-5-9-23(13)14-11-22(12-14)19(25)17-10-16(20-21-17)15-7-2-3-8-18(15)24/h2-3,7-8,13-14,16-17,20-21,24H,4-6,9-12H2,1H3. The van der Waals surface area contributed by atoms with E-state index in [1.807, 2.05) is 23.1 Å². The average molecular weight is 344 g/mol. The molecule has 3 heterocycles. The second-order valence-electron chi connectivity index (χ2n) is 7.67. The molecule has 3 unspecified atom stereocenters. The molecule has 3 saturated heterocycles. The number of hydrogen-bond donors (Lipinski definition) is 3. The third-order valence-corrected chi connectivity index (χ3v) is 6.01. The maximum Gasteiger partial charge on any atom is 0.241 e. The van der Waals surface area contributed by atoms with Gasteiger partial charge in [0, 0.05) is 30.7 Å². The third kappa shape index (κ3) is 3.26. The van der Waals surface area contributed by atoms with E-state index >= 15 is 0 Å². The van der Waals surface area contributed by atoms with Gasteiger partial charge in [0.15, 0.2) is 0 Å². The summed E-state index contributed by atoms with van der Waals surface area (Å²) >= 11 is 0. The lowest BCUT2D eigenvalue weighted by Crippen LogP contribution is -2.65. The fourth-order valence-corrected chi connectivity index (χ4v) is 4.43. The molecule has 1 aromatic carbocycles. The molecule has 0 aliphatic carbocycles.